The van der Waals surface area contributed by atoms with Crippen molar-refractivity contribution in [1.82, 2.24) is 24.5 Å². The van der Waals surface area contributed by atoms with Gasteiger partial charge in [-0.1, -0.05) is 12.0 Å². The van der Waals surface area contributed by atoms with E-state index in [9.17, 15) is 4.79 Å². The number of benzene rings is 1. The van der Waals surface area contributed by atoms with Gasteiger partial charge in [-0.15, -0.1) is 0 Å². The number of carbonyl (C=O) groups excluding carboxylic acids is 1. The van der Waals surface area contributed by atoms with Crippen LogP contribution >= 0.6 is 0 Å². The van der Waals surface area contributed by atoms with Gasteiger partial charge in [0.15, 0.2) is 5.65 Å². The normalized spacial score (nSPS) is 13.4. The van der Waals surface area contributed by atoms with Gasteiger partial charge >= 0.3 is 0 Å². The van der Waals surface area contributed by atoms with Crippen molar-refractivity contribution in [2.24, 2.45) is 0 Å². The Bertz CT molecular complexity index is 1430. The lowest BCUT2D eigenvalue weighted by Crippen LogP contribution is -2.40. The molecule has 0 saturated carbocycles. The molecule has 8 heteroatoms. The lowest BCUT2D eigenvalue weighted by Gasteiger charge is -2.27. The highest BCUT2D eigenvalue weighted by Crippen LogP contribution is 2.22. The summed E-state index contributed by atoms with van der Waals surface area (Å²) in [6, 6.07) is 13.2. The molecule has 0 atom stereocenters. The summed E-state index contributed by atoms with van der Waals surface area (Å²) >= 11 is 0. The number of carbonyl (C=O) groups is 1. The predicted molar refractivity (Wildman–Crippen MR) is 127 cm³/mol. The zero-order chi connectivity index (χ0) is 23.5. The number of amides is 1. The van der Waals surface area contributed by atoms with E-state index in [1.807, 2.05) is 48.2 Å². The van der Waals surface area contributed by atoms with Crippen LogP contribution in [0.4, 0.5) is 0 Å². The number of hydrogen-bond donors (Lipinski definition) is 0. The van der Waals surface area contributed by atoms with Gasteiger partial charge in [-0.2, -0.15) is 5.10 Å². The number of nitrogens with zero attached hydrogens (tertiary/aromatic N) is 5. The molecule has 0 aliphatic carbocycles. The Labute approximate surface area is 197 Å². The van der Waals surface area contributed by atoms with E-state index in [4.69, 9.17) is 14.6 Å². The Morgan fingerprint density at radius 2 is 1.91 bits per heavy atom. The second kappa shape index (κ2) is 9.33. The molecule has 0 unspecified atom stereocenters. The molecule has 1 fully saturated rings. The summed E-state index contributed by atoms with van der Waals surface area (Å²) in [5.41, 5.74) is 5.47. The molecular weight excluding hydrogens is 430 g/mol. The van der Waals surface area contributed by atoms with Gasteiger partial charge in [-0.05, 0) is 48.7 Å². The third-order valence-electron chi connectivity index (χ3n) is 5.69. The lowest BCUT2D eigenvalue weighted by molar-refractivity contribution is 0.0302. The van der Waals surface area contributed by atoms with Crippen LogP contribution in [0.2, 0.25) is 0 Å². The molecule has 3 aromatic heterocycles. The number of aryl methyl sites for hydroxylation is 1. The maximum Gasteiger partial charge on any atom is 0.254 e. The van der Waals surface area contributed by atoms with Gasteiger partial charge in [-0.25, -0.2) is 14.5 Å². The van der Waals surface area contributed by atoms with Crippen LogP contribution in [-0.4, -0.2) is 63.8 Å². The van der Waals surface area contributed by atoms with E-state index in [-0.39, 0.29) is 5.91 Å². The quantitative estimate of drug-likeness (QED) is 0.444. The fraction of sp³-hybridized carbons (Fsp3) is 0.231. The minimum absolute atomic E-state index is 0.0377. The molecule has 1 saturated heterocycles. The third-order valence-corrected chi connectivity index (χ3v) is 5.69. The van der Waals surface area contributed by atoms with Crippen LogP contribution in [0.25, 0.3) is 16.9 Å². The maximum absolute atomic E-state index is 12.9. The van der Waals surface area contributed by atoms with Crippen molar-refractivity contribution in [2.75, 3.05) is 33.4 Å². The third kappa shape index (κ3) is 4.34. The van der Waals surface area contributed by atoms with Crippen LogP contribution in [0.3, 0.4) is 0 Å². The number of imidazole rings is 1. The first-order chi connectivity index (χ1) is 16.6. The van der Waals surface area contributed by atoms with Crippen molar-refractivity contribution in [3.8, 4) is 29.0 Å². The fourth-order valence-electron chi connectivity index (χ4n) is 3.85. The van der Waals surface area contributed by atoms with Crippen molar-refractivity contribution >= 4 is 11.6 Å². The van der Waals surface area contributed by atoms with Crippen LogP contribution in [0.5, 0.6) is 5.88 Å². The van der Waals surface area contributed by atoms with E-state index >= 15 is 0 Å². The van der Waals surface area contributed by atoms with Crippen molar-refractivity contribution in [1.29, 1.82) is 0 Å². The molecule has 4 heterocycles. The zero-order valence-corrected chi connectivity index (χ0v) is 19.0. The molecule has 34 heavy (non-hydrogen) atoms. The smallest absolute Gasteiger partial charge is 0.254 e. The lowest BCUT2D eigenvalue weighted by atomic mass is 10.0. The molecule has 0 spiro atoms. The Kier molecular flexibility index (Phi) is 5.93. The van der Waals surface area contributed by atoms with Gasteiger partial charge in [0.2, 0.25) is 5.88 Å². The van der Waals surface area contributed by atoms with Crippen molar-refractivity contribution in [3.05, 3.63) is 77.2 Å². The van der Waals surface area contributed by atoms with Crippen LogP contribution in [0.1, 0.15) is 27.2 Å². The molecule has 1 aromatic carbocycles. The molecular formula is C26H23N5O3. The molecule has 1 amide bonds. The Hall–Kier alpha value is -4.22. The first-order valence-corrected chi connectivity index (χ1v) is 11.0. The van der Waals surface area contributed by atoms with Gasteiger partial charge in [-0.3, -0.25) is 4.79 Å². The van der Waals surface area contributed by atoms with Crippen molar-refractivity contribution in [3.63, 3.8) is 0 Å². The standard InChI is InChI=1S/C26H23N5O3/c1-18-15-20(4-6-22(18)26(32)30-11-13-34-14-12-30)23-7-8-24-28-17-21(31(24)29-23)5-3-19-9-10-27-25(16-19)33-2/h4,6-10,15-17H,11-14H2,1-2H3. The van der Waals surface area contributed by atoms with Gasteiger partial charge < -0.3 is 14.4 Å². The first kappa shape index (κ1) is 21.6. The average molecular weight is 454 g/mol. The zero-order valence-electron chi connectivity index (χ0n) is 19.0. The number of rotatable bonds is 3. The van der Waals surface area contributed by atoms with E-state index in [0.717, 1.165) is 22.4 Å². The number of morpholine rings is 1. The monoisotopic (exact) mass is 453 g/mol. The summed E-state index contributed by atoms with van der Waals surface area (Å²) in [7, 11) is 1.57. The number of ether oxygens (including phenoxy) is 2. The summed E-state index contributed by atoms with van der Waals surface area (Å²) in [6.45, 7) is 4.35. The van der Waals surface area contributed by atoms with Gasteiger partial charge in [0.05, 0.1) is 32.2 Å². The Morgan fingerprint density at radius 1 is 1.06 bits per heavy atom. The summed E-state index contributed by atoms with van der Waals surface area (Å²) in [4.78, 5) is 23.2. The minimum Gasteiger partial charge on any atom is -0.481 e. The molecule has 1 aliphatic rings. The number of aromatic nitrogens is 4. The highest BCUT2D eigenvalue weighted by atomic mass is 16.5. The number of methoxy groups -OCH3 is 1. The summed E-state index contributed by atoms with van der Waals surface area (Å²) in [5, 5.41) is 4.76. The topological polar surface area (TPSA) is 81.8 Å². The molecule has 0 bridgehead atoms. The molecule has 5 rings (SSSR count). The number of pyridine rings is 1. The van der Waals surface area contributed by atoms with E-state index in [1.165, 1.54) is 0 Å². The second-order valence-corrected chi connectivity index (χ2v) is 7.90. The van der Waals surface area contributed by atoms with Crippen LogP contribution in [-0.2, 0) is 4.74 Å². The number of hydrogen-bond acceptors (Lipinski definition) is 6. The van der Waals surface area contributed by atoms with E-state index in [1.54, 1.807) is 30.1 Å². The maximum atomic E-state index is 12.9. The molecule has 0 radical (unpaired) electrons. The van der Waals surface area contributed by atoms with Gasteiger partial charge in [0, 0.05) is 42.0 Å². The molecule has 170 valence electrons. The minimum atomic E-state index is 0.0377. The molecule has 4 aromatic rings. The summed E-state index contributed by atoms with van der Waals surface area (Å²) in [5.74, 6) is 6.79. The highest BCUT2D eigenvalue weighted by molar-refractivity contribution is 5.96. The summed E-state index contributed by atoms with van der Waals surface area (Å²) < 4.78 is 12.2. The molecule has 0 N–H and O–H groups in total. The SMILES string of the molecule is COc1cc(C#Cc2cnc3ccc(-c4ccc(C(=O)N5CCOCC5)c(C)c4)nn23)ccn1. The summed E-state index contributed by atoms with van der Waals surface area (Å²) in [6.07, 6.45) is 3.36. The van der Waals surface area contributed by atoms with Crippen molar-refractivity contribution < 1.29 is 14.3 Å². The largest absolute Gasteiger partial charge is 0.481 e. The van der Waals surface area contributed by atoms with E-state index in [2.05, 4.69) is 21.8 Å². The number of fused-ring (bicyclic) bond motifs is 1. The van der Waals surface area contributed by atoms with Crippen LogP contribution in [0, 0.1) is 18.8 Å². The van der Waals surface area contributed by atoms with E-state index < -0.39 is 0 Å². The second-order valence-electron chi connectivity index (χ2n) is 7.90. The molecule has 1 aliphatic heterocycles. The molecule has 8 nitrogen and oxygen atoms in total. The van der Waals surface area contributed by atoms with E-state index in [0.29, 0.717) is 49.1 Å². The highest BCUT2D eigenvalue weighted by Gasteiger charge is 2.20. The first-order valence-electron chi connectivity index (χ1n) is 11.0. The van der Waals surface area contributed by atoms with Crippen LogP contribution < -0.4 is 4.74 Å². The van der Waals surface area contributed by atoms with Gasteiger partial charge in [0.1, 0.15) is 5.69 Å². The van der Waals surface area contributed by atoms with Gasteiger partial charge in [0.25, 0.3) is 5.91 Å². The van der Waals surface area contributed by atoms with Crippen LogP contribution in [0.15, 0.2) is 54.9 Å². The average Bonchev–Trinajstić information content (AvgIpc) is 3.30. The van der Waals surface area contributed by atoms with Crippen molar-refractivity contribution in [2.45, 2.75) is 6.92 Å². The Balaban J connectivity index is 1.44. The predicted octanol–water partition coefficient (Wildman–Crippen LogP) is 2.98. The fourth-order valence-corrected chi connectivity index (χ4v) is 3.85. The Morgan fingerprint density at radius 3 is 2.71 bits per heavy atom.